The van der Waals surface area contributed by atoms with Crippen LogP contribution < -0.4 is 14.2 Å². The third-order valence-electron chi connectivity index (χ3n) is 5.75. The normalized spacial score (nSPS) is 14.6. The molecule has 2 aromatic rings. The zero-order valence-electron chi connectivity index (χ0n) is 18.9. The number of carbonyl (C=O) groups excluding carboxylic acids is 1. The predicted octanol–water partition coefficient (Wildman–Crippen LogP) is 3.28. The number of nitrogens with zero attached hydrogens (tertiary/aromatic N) is 3. The summed E-state index contributed by atoms with van der Waals surface area (Å²) in [5.74, 6) is -0.266. The van der Waals surface area contributed by atoms with E-state index in [0.717, 1.165) is 19.5 Å². The van der Waals surface area contributed by atoms with Crippen LogP contribution in [0.3, 0.4) is 0 Å². The Bertz CT molecular complexity index is 994. The molecule has 0 aliphatic carbocycles. The van der Waals surface area contributed by atoms with Gasteiger partial charge in [-0.25, -0.2) is 0 Å². The van der Waals surface area contributed by atoms with Crippen molar-refractivity contribution in [2.45, 2.75) is 19.9 Å². The van der Waals surface area contributed by atoms with Gasteiger partial charge < -0.3 is 19.1 Å². The number of methoxy groups -OCH3 is 3. The molecule has 32 heavy (non-hydrogen) atoms. The highest BCUT2D eigenvalue weighted by Gasteiger charge is 2.34. The van der Waals surface area contributed by atoms with Gasteiger partial charge in [0.1, 0.15) is 5.56 Å². The first-order chi connectivity index (χ1) is 15.4. The molecule has 2 aromatic carbocycles. The van der Waals surface area contributed by atoms with E-state index in [1.54, 1.807) is 4.90 Å². The molecule has 0 N–H and O–H groups in total. The molecule has 0 saturated carbocycles. The molecule has 0 atom stereocenters. The van der Waals surface area contributed by atoms with Crippen molar-refractivity contribution in [1.29, 1.82) is 0 Å². The van der Waals surface area contributed by atoms with Gasteiger partial charge in [-0.15, -0.1) is 0 Å². The van der Waals surface area contributed by atoms with Gasteiger partial charge in [-0.2, -0.15) is 0 Å². The molecular weight excluding hydrogens is 414 g/mol. The van der Waals surface area contributed by atoms with E-state index in [-0.39, 0.29) is 22.8 Å². The van der Waals surface area contributed by atoms with Crippen molar-refractivity contribution in [3.05, 3.63) is 57.1 Å². The van der Waals surface area contributed by atoms with Gasteiger partial charge in [0.2, 0.25) is 11.5 Å². The van der Waals surface area contributed by atoms with Crippen molar-refractivity contribution in [3.8, 4) is 17.2 Å². The number of nitro groups is 1. The summed E-state index contributed by atoms with van der Waals surface area (Å²) in [6.45, 7) is 5.40. The number of amides is 1. The highest BCUT2D eigenvalue weighted by atomic mass is 16.6. The lowest BCUT2D eigenvalue weighted by atomic mass is 10.1. The summed E-state index contributed by atoms with van der Waals surface area (Å²) in [4.78, 5) is 28.6. The number of carbonyl (C=O) groups is 1. The van der Waals surface area contributed by atoms with Crippen molar-refractivity contribution in [2.75, 3.05) is 47.5 Å². The Morgan fingerprint density at radius 1 is 1.03 bits per heavy atom. The van der Waals surface area contributed by atoms with Crippen molar-refractivity contribution in [3.63, 3.8) is 0 Å². The first-order valence-electron chi connectivity index (χ1n) is 10.4. The summed E-state index contributed by atoms with van der Waals surface area (Å²) in [6.07, 6.45) is 0.774. The van der Waals surface area contributed by atoms with E-state index in [1.165, 1.54) is 38.5 Å². The average molecular weight is 444 g/mol. The first-order valence-corrected chi connectivity index (χ1v) is 10.4. The molecule has 1 saturated heterocycles. The van der Waals surface area contributed by atoms with Gasteiger partial charge in [0.15, 0.2) is 5.75 Å². The van der Waals surface area contributed by atoms with Crippen LogP contribution in [0.25, 0.3) is 0 Å². The lowest BCUT2D eigenvalue weighted by Crippen LogP contribution is -2.35. The second-order valence-electron chi connectivity index (χ2n) is 7.65. The molecule has 1 amide bonds. The van der Waals surface area contributed by atoms with E-state index in [2.05, 4.69) is 24.0 Å². The molecule has 1 aliphatic heterocycles. The molecule has 9 nitrogen and oxygen atoms in total. The summed E-state index contributed by atoms with van der Waals surface area (Å²) in [5.41, 5.74) is 2.00. The lowest BCUT2D eigenvalue weighted by Gasteiger charge is -2.23. The largest absolute Gasteiger partial charge is 0.493 e. The van der Waals surface area contributed by atoms with Crippen molar-refractivity contribution in [1.82, 2.24) is 9.80 Å². The molecule has 172 valence electrons. The van der Waals surface area contributed by atoms with Crippen LogP contribution in [-0.4, -0.2) is 68.1 Å². The molecule has 3 rings (SSSR count). The molecule has 0 spiro atoms. The number of aryl methyl sites for hydroxylation is 1. The SMILES string of the molecule is COc1cc(C(=O)N2CCCN(Cc3ccccc3C)CC2)c([N+](=O)[O-])c(OC)c1OC. The zero-order valence-corrected chi connectivity index (χ0v) is 18.9. The van der Waals surface area contributed by atoms with Gasteiger partial charge in [-0.3, -0.25) is 19.8 Å². The van der Waals surface area contributed by atoms with Crippen LogP contribution >= 0.6 is 0 Å². The molecule has 1 heterocycles. The molecule has 0 unspecified atom stereocenters. The average Bonchev–Trinajstić information content (AvgIpc) is 3.03. The number of rotatable bonds is 7. The minimum Gasteiger partial charge on any atom is -0.493 e. The number of benzene rings is 2. The second-order valence-corrected chi connectivity index (χ2v) is 7.65. The molecule has 9 heteroatoms. The van der Waals surface area contributed by atoms with E-state index in [0.29, 0.717) is 19.6 Å². The number of hydrogen-bond donors (Lipinski definition) is 0. The van der Waals surface area contributed by atoms with Gasteiger partial charge in [0.05, 0.1) is 26.3 Å². The van der Waals surface area contributed by atoms with Gasteiger partial charge in [-0.05, 0) is 24.5 Å². The fourth-order valence-electron chi connectivity index (χ4n) is 4.02. The number of ether oxygens (including phenoxy) is 3. The Labute approximate surface area is 187 Å². The van der Waals surface area contributed by atoms with Crippen LogP contribution in [0.4, 0.5) is 5.69 Å². The van der Waals surface area contributed by atoms with Crippen LogP contribution in [0.15, 0.2) is 30.3 Å². The fourth-order valence-corrected chi connectivity index (χ4v) is 4.02. The first kappa shape index (κ1) is 23.3. The standard InChI is InChI=1S/C23H29N3O6/c1-16-8-5-6-9-17(16)15-24-10-7-11-25(13-12-24)23(27)18-14-19(30-2)21(31-3)22(32-4)20(18)26(28)29/h5-6,8-9,14H,7,10-13,15H2,1-4H3. The fraction of sp³-hybridized carbons (Fsp3) is 0.435. The summed E-state index contributed by atoms with van der Waals surface area (Å²) >= 11 is 0. The summed E-state index contributed by atoms with van der Waals surface area (Å²) in [6, 6.07) is 9.61. The highest BCUT2D eigenvalue weighted by molar-refractivity contribution is 6.00. The lowest BCUT2D eigenvalue weighted by molar-refractivity contribution is -0.386. The minimum absolute atomic E-state index is 0.0724. The van der Waals surface area contributed by atoms with E-state index in [1.807, 2.05) is 12.1 Å². The number of hydrogen-bond acceptors (Lipinski definition) is 7. The third-order valence-corrected chi connectivity index (χ3v) is 5.75. The maximum atomic E-state index is 13.4. The third kappa shape index (κ3) is 4.77. The molecule has 1 aliphatic rings. The molecular formula is C23H29N3O6. The van der Waals surface area contributed by atoms with Crippen LogP contribution in [0.2, 0.25) is 0 Å². The maximum absolute atomic E-state index is 13.4. The summed E-state index contributed by atoms with van der Waals surface area (Å²) in [5, 5.41) is 11.9. The van der Waals surface area contributed by atoms with Crippen molar-refractivity contribution < 1.29 is 23.9 Å². The Morgan fingerprint density at radius 3 is 2.38 bits per heavy atom. The Hall–Kier alpha value is -3.33. The quantitative estimate of drug-likeness (QED) is 0.479. The van der Waals surface area contributed by atoms with Crippen LogP contribution in [0.1, 0.15) is 27.9 Å². The van der Waals surface area contributed by atoms with Gasteiger partial charge >= 0.3 is 5.69 Å². The summed E-state index contributed by atoms with van der Waals surface area (Å²) < 4.78 is 15.8. The van der Waals surface area contributed by atoms with E-state index in [9.17, 15) is 14.9 Å². The van der Waals surface area contributed by atoms with Crippen LogP contribution in [0, 0.1) is 17.0 Å². The molecule has 0 bridgehead atoms. The zero-order chi connectivity index (χ0) is 23.3. The highest BCUT2D eigenvalue weighted by Crippen LogP contribution is 2.46. The topological polar surface area (TPSA) is 94.4 Å². The van der Waals surface area contributed by atoms with Crippen LogP contribution in [-0.2, 0) is 6.54 Å². The van der Waals surface area contributed by atoms with Gasteiger partial charge in [0, 0.05) is 38.8 Å². The predicted molar refractivity (Wildman–Crippen MR) is 120 cm³/mol. The number of nitro benzene ring substituents is 1. The summed E-state index contributed by atoms with van der Waals surface area (Å²) in [7, 11) is 4.07. The van der Waals surface area contributed by atoms with Crippen molar-refractivity contribution >= 4 is 11.6 Å². The maximum Gasteiger partial charge on any atom is 0.327 e. The van der Waals surface area contributed by atoms with Crippen LogP contribution in [0.5, 0.6) is 17.2 Å². The smallest absolute Gasteiger partial charge is 0.327 e. The monoisotopic (exact) mass is 443 g/mol. The van der Waals surface area contributed by atoms with E-state index >= 15 is 0 Å². The van der Waals surface area contributed by atoms with E-state index < -0.39 is 16.5 Å². The molecule has 0 aromatic heterocycles. The van der Waals surface area contributed by atoms with Gasteiger partial charge in [0.25, 0.3) is 5.91 Å². The molecule has 0 radical (unpaired) electrons. The Kier molecular flexibility index (Phi) is 7.53. The second kappa shape index (κ2) is 10.3. The Balaban J connectivity index is 1.86. The molecule has 1 fully saturated rings. The van der Waals surface area contributed by atoms with Crippen molar-refractivity contribution in [2.24, 2.45) is 0 Å². The Morgan fingerprint density at radius 2 is 1.75 bits per heavy atom. The minimum atomic E-state index is -0.615. The van der Waals surface area contributed by atoms with E-state index in [4.69, 9.17) is 14.2 Å². The van der Waals surface area contributed by atoms with Gasteiger partial charge in [-0.1, -0.05) is 24.3 Å².